The zero-order valence-corrected chi connectivity index (χ0v) is 13.2. The summed E-state index contributed by atoms with van der Waals surface area (Å²) in [6.45, 7) is 2.87. The van der Waals surface area contributed by atoms with E-state index in [4.69, 9.17) is 4.74 Å². The first-order valence-corrected chi connectivity index (χ1v) is 7.98. The van der Waals surface area contributed by atoms with Crippen molar-refractivity contribution < 1.29 is 9.53 Å². The number of amides is 1. The molecule has 1 amide bonds. The Bertz CT molecular complexity index is 493. The number of benzene rings is 1. The predicted molar refractivity (Wildman–Crippen MR) is 86.6 cm³/mol. The van der Waals surface area contributed by atoms with E-state index in [1.54, 1.807) is 18.9 Å². The molecular formula is C15H21N3O2S. The van der Waals surface area contributed by atoms with Gasteiger partial charge in [0.2, 0.25) is 5.91 Å². The van der Waals surface area contributed by atoms with Crippen molar-refractivity contribution in [3.8, 4) is 0 Å². The van der Waals surface area contributed by atoms with E-state index in [0.717, 1.165) is 10.9 Å². The number of hydrogen-bond donors (Lipinski definition) is 2. The average Bonchev–Trinajstić information content (AvgIpc) is 2.97. The monoisotopic (exact) mass is 307 g/mol. The molecule has 5 nitrogen and oxygen atoms in total. The van der Waals surface area contributed by atoms with Gasteiger partial charge in [0, 0.05) is 19.4 Å². The van der Waals surface area contributed by atoms with Crippen LogP contribution in [0.3, 0.4) is 0 Å². The summed E-state index contributed by atoms with van der Waals surface area (Å²) in [6, 6.07) is 10.1. The van der Waals surface area contributed by atoms with Gasteiger partial charge in [-0.2, -0.15) is 0 Å². The van der Waals surface area contributed by atoms with Crippen LogP contribution in [0.1, 0.15) is 18.5 Å². The van der Waals surface area contributed by atoms with Gasteiger partial charge in [0.1, 0.15) is 6.04 Å². The van der Waals surface area contributed by atoms with Crippen LogP contribution in [0.5, 0.6) is 0 Å². The predicted octanol–water partition coefficient (Wildman–Crippen LogP) is 1.57. The molecule has 0 fully saturated rings. The van der Waals surface area contributed by atoms with Crippen molar-refractivity contribution >= 4 is 22.8 Å². The van der Waals surface area contributed by atoms with Crippen LogP contribution in [0, 0.1) is 0 Å². The Morgan fingerprint density at radius 2 is 2.24 bits per heavy atom. The third-order valence-electron chi connectivity index (χ3n) is 3.17. The lowest BCUT2D eigenvalue weighted by atomic mass is 10.1. The minimum atomic E-state index is -0.303. The maximum atomic E-state index is 11.9. The van der Waals surface area contributed by atoms with Gasteiger partial charge in [-0.25, -0.2) is 0 Å². The molecule has 1 aromatic rings. The van der Waals surface area contributed by atoms with Crippen LogP contribution in [0.25, 0.3) is 0 Å². The molecule has 1 aliphatic rings. The normalized spacial score (nSPS) is 19.0. The van der Waals surface area contributed by atoms with Gasteiger partial charge < -0.3 is 15.4 Å². The highest BCUT2D eigenvalue weighted by Crippen LogP contribution is 2.29. The van der Waals surface area contributed by atoms with E-state index >= 15 is 0 Å². The van der Waals surface area contributed by atoms with Crippen LogP contribution >= 0.6 is 11.8 Å². The molecule has 2 N–H and O–H groups in total. The van der Waals surface area contributed by atoms with Crippen molar-refractivity contribution in [1.29, 1.82) is 0 Å². The van der Waals surface area contributed by atoms with E-state index < -0.39 is 0 Å². The molecule has 114 valence electrons. The Balaban J connectivity index is 1.84. The number of aliphatic imine (C=N–C) groups is 1. The molecule has 2 atom stereocenters. The van der Waals surface area contributed by atoms with Gasteiger partial charge in [-0.15, -0.1) is 0 Å². The number of amidine groups is 1. The second-order valence-corrected chi connectivity index (χ2v) is 5.83. The summed E-state index contributed by atoms with van der Waals surface area (Å²) in [6.07, 6.45) is 0. The van der Waals surface area contributed by atoms with Crippen molar-refractivity contribution in [2.75, 3.05) is 26.0 Å². The summed E-state index contributed by atoms with van der Waals surface area (Å²) >= 11 is 1.65. The molecule has 1 aromatic carbocycles. The maximum Gasteiger partial charge on any atom is 0.242 e. The zero-order valence-electron chi connectivity index (χ0n) is 12.3. The molecule has 0 radical (unpaired) electrons. The number of nitrogens with zero attached hydrogens (tertiary/aromatic N) is 1. The number of nitrogens with one attached hydrogen (secondary N) is 2. The largest absolute Gasteiger partial charge is 0.383 e. The van der Waals surface area contributed by atoms with Gasteiger partial charge in [-0.1, -0.05) is 42.1 Å². The van der Waals surface area contributed by atoms with E-state index in [9.17, 15) is 4.79 Å². The maximum absolute atomic E-state index is 11.9. The van der Waals surface area contributed by atoms with Crippen molar-refractivity contribution in [2.24, 2.45) is 4.99 Å². The lowest BCUT2D eigenvalue weighted by Gasteiger charge is -2.14. The molecule has 1 heterocycles. The molecule has 0 bridgehead atoms. The van der Waals surface area contributed by atoms with Crippen molar-refractivity contribution in [2.45, 2.75) is 19.0 Å². The first-order valence-electron chi connectivity index (χ1n) is 6.99. The summed E-state index contributed by atoms with van der Waals surface area (Å²) in [5.74, 6) is 0.864. The first-order chi connectivity index (χ1) is 10.2. The van der Waals surface area contributed by atoms with E-state index in [-0.39, 0.29) is 18.0 Å². The number of carbonyl (C=O) groups excluding carboxylic acids is 1. The number of carbonyl (C=O) groups is 1. The van der Waals surface area contributed by atoms with Gasteiger partial charge in [-0.3, -0.25) is 9.79 Å². The highest BCUT2D eigenvalue weighted by molar-refractivity contribution is 8.14. The molecule has 6 heteroatoms. The molecule has 1 aliphatic heterocycles. The second kappa shape index (κ2) is 8.05. The van der Waals surface area contributed by atoms with E-state index in [1.165, 1.54) is 5.56 Å². The molecule has 2 rings (SSSR count). The van der Waals surface area contributed by atoms with Crippen molar-refractivity contribution in [3.63, 3.8) is 0 Å². The molecule has 2 unspecified atom stereocenters. The second-order valence-electron chi connectivity index (χ2n) is 4.82. The third-order valence-corrected chi connectivity index (χ3v) is 4.15. The van der Waals surface area contributed by atoms with Gasteiger partial charge in [0.15, 0.2) is 5.17 Å². The summed E-state index contributed by atoms with van der Waals surface area (Å²) in [5, 5.41) is 6.81. The summed E-state index contributed by atoms with van der Waals surface area (Å²) in [5.41, 5.74) is 1.21. The number of hydrogen-bond acceptors (Lipinski definition) is 5. The lowest BCUT2D eigenvalue weighted by Crippen LogP contribution is -2.44. The minimum absolute atomic E-state index is 0.0430. The molecule has 21 heavy (non-hydrogen) atoms. The highest BCUT2D eigenvalue weighted by Gasteiger charge is 2.22. The van der Waals surface area contributed by atoms with Crippen LogP contribution in [-0.2, 0) is 9.53 Å². The van der Waals surface area contributed by atoms with Gasteiger partial charge in [0.05, 0.1) is 12.6 Å². The summed E-state index contributed by atoms with van der Waals surface area (Å²) in [7, 11) is 1.61. The lowest BCUT2D eigenvalue weighted by molar-refractivity contribution is -0.122. The fourth-order valence-electron chi connectivity index (χ4n) is 1.98. The SMILES string of the molecule is COCCNC(=O)C(C)NC1=NC(c2ccccc2)CS1. The Morgan fingerprint density at radius 1 is 1.48 bits per heavy atom. The molecular weight excluding hydrogens is 286 g/mol. The fraction of sp³-hybridized carbons (Fsp3) is 0.467. The van der Waals surface area contributed by atoms with Gasteiger partial charge in [-0.05, 0) is 12.5 Å². The molecule has 0 saturated carbocycles. The average molecular weight is 307 g/mol. The van der Waals surface area contributed by atoms with Gasteiger partial charge in [0.25, 0.3) is 0 Å². The first kappa shape index (κ1) is 15.9. The fourth-order valence-corrected chi connectivity index (χ4v) is 3.02. The summed E-state index contributed by atoms with van der Waals surface area (Å²) in [4.78, 5) is 16.5. The van der Waals surface area contributed by atoms with Crippen LogP contribution in [0.4, 0.5) is 0 Å². The standard InChI is InChI=1S/C15H21N3O2S/c1-11(14(19)16-8-9-20-2)17-15-18-13(10-21-15)12-6-4-3-5-7-12/h3-7,11,13H,8-10H2,1-2H3,(H,16,19)(H,17,18). The van der Waals surface area contributed by atoms with Crippen LogP contribution in [0.15, 0.2) is 35.3 Å². The third kappa shape index (κ3) is 4.75. The van der Waals surface area contributed by atoms with Crippen molar-refractivity contribution in [3.05, 3.63) is 35.9 Å². The van der Waals surface area contributed by atoms with E-state index in [1.807, 2.05) is 25.1 Å². The van der Waals surface area contributed by atoms with Crippen LogP contribution < -0.4 is 10.6 Å². The minimum Gasteiger partial charge on any atom is -0.383 e. The zero-order chi connectivity index (χ0) is 15.1. The van der Waals surface area contributed by atoms with Crippen molar-refractivity contribution in [1.82, 2.24) is 10.6 Å². The van der Waals surface area contributed by atoms with Gasteiger partial charge >= 0.3 is 0 Å². The van der Waals surface area contributed by atoms with Crippen LogP contribution in [-0.4, -0.2) is 43.1 Å². The van der Waals surface area contributed by atoms with Crippen LogP contribution in [0.2, 0.25) is 0 Å². The number of ether oxygens (including phenoxy) is 1. The Kier molecular flexibility index (Phi) is 6.07. The van der Waals surface area contributed by atoms with E-state index in [2.05, 4.69) is 27.8 Å². The molecule has 0 aliphatic carbocycles. The Morgan fingerprint density at radius 3 is 2.95 bits per heavy atom. The molecule has 0 saturated heterocycles. The smallest absolute Gasteiger partial charge is 0.242 e. The number of thioether (sulfide) groups is 1. The topological polar surface area (TPSA) is 62.7 Å². The number of rotatable bonds is 6. The number of methoxy groups -OCH3 is 1. The Hall–Kier alpha value is -1.53. The summed E-state index contributed by atoms with van der Waals surface area (Å²) < 4.78 is 4.91. The van der Waals surface area contributed by atoms with E-state index in [0.29, 0.717) is 13.2 Å². The quantitative estimate of drug-likeness (QED) is 0.783. The molecule has 0 spiro atoms. The highest BCUT2D eigenvalue weighted by atomic mass is 32.2. The Labute approximate surface area is 129 Å². The molecule has 0 aromatic heterocycles.